The lowest BCUT2D eigenvalue weighted by Gasteiger charge is -2.28. The molecule has 0 aliphatic carbocycles. The van der Waals surface area contributed by atoms with Crippen molar-refractivity contribution in [2.45, 2.75) is 0 Å². The minimum Gasteiger partial charge on any atom is -0.456 e. The van der Waals surface area contributed by atoms with E-state index >= 15 is 0 Å². The molecule has 0 saturated carbocycles. The second-order valence-electron chi connectivity index (χ2n) is 13.7. The lowest BCUT2D eigenvalue weighted by atomic mass is 9.94. The second kappa shape index (κ2) is 13.4. The van der Waals surface area contributed by atoms with Gasteiger partial charge in [0, 0.05) is 16.6 Å². The predicted molar refractivity (Wildman–Crippen MR) is 228 cm³/mol. The first-order valence-corrected chi connectivity index (χ1v) is 18.4. The Morgan fingerprint density at radius 2 is 0.870 bits per heavy atom. The van der Waals surface area contributed by atoms with Crippen LogP contribution in [0.25, 0.3) is 77.2 Å². The van der Waals surface area contributed by atoms with Crippen molar-refractivity contribution in [1.82, 2.24) is 0 Å². The van der Waals surface area contributed by atoms with Gasteiger partial charge in [-0.3, -0.25) is 0 Å². The first-order chi connectivity index (χ1) is 26.8. The molecule has 2 nitrogen and oxygen atoms in total. The summed E-state index contributed by atoms with van der Waals surface area (Å²) in [6.45, 7) is 0. The number of anilines is 3. The van der Waals surface area contributed by atoms with E-state index in [2.05, 4.69) is 211 Å². The maximum Gasteiger partial charge on any atom is 0.137 e. The zero-order valence-electron chi connectivity index (χ0n) is 29.6. The Kier molecular flexibility index (Phi) is 7.85. The predicted octanol–water partition coefficient (Wildman–Crippen LogP) is 14.9. The van der Waals surface area contributed by atoms with Crippen LogP contribution in [0.5, 0.6) is 0 Å². The van der Waals surface area contributed by atoms with Crippen molar-refractivity contribution in [1.29, 1.82) is 0 Å². The van der Waals surface area contributed by atoms with Crippen molar-refractivity contribution in [2.75, 3.05) is 4.90 Å². The maximum atomic E-state index is 6.62. The average molecular weight is 690 g/mol. The summed E-state index contributed by atoms with van der Waals surface area (Å²) in [5.41, 5.74) is 14.4. The van der Waals surface area contributed by atoms with Gasteiger partial charge < -0.3 is 9.32 Å². The zero-order valence-corrected chi connectivity index (χ0v) is 29.6. The van der Waals surface area contributed by atoms with E-state index in [0.29, 0.717) is 0 Å². The lowest BCUT2D eigenvalue weighted by molar-refractivity contribution is 0.669. The number of furan rings is 1. The highest BCUT2D eigenvalue weighted by Gasteiger charge is 2.22. The highest BCUT2D eigenvalue weighted by Crippen LogP contribution is 2.46. The Morgan fingerprint density at radius 3 is 1.63 bits per heavy atom. The molecule has 0 atom stereocenters. The van der Waals surface area contributed by atoms with Crippen molar-refractivity contribution in [2.24, 2.45) is 0 Å². The Morgan fingerprint density at radius 1 is 0.315 bits per heavy atom. The van der Waals surface area contributed by atoms with E-state index in [9.17, 15) is 0 Å². The third-order valence-corrected chi connectivity index (χ3v) is 10.5. The summed E-state index contributed by atoms with van der Waals surface area (Å²) in [4.78, 5) is 2.39. The van der Waals surface area contributed by atoms with Crippen LogP contribution < -0.4 is 4.90 Å². The van der Waals surface area contributed by atoms with Crippen LogP contribution >= 0.6 is 0 Å². The van der Waals surface area contributed by atoms with Gasteiger partial charge in [0.05, 0.1) is 16.8 Å². The fourth-order valence-electron chi connectivity index (χ4n) is 7.87. The standard InChI is InChI=1S/C52H35NO/c1-4-14-36(15-5-1)42-30-33-46-51(35-42)54-50-25-13-24-49(52(46)50)53(48-23-11-10-21-45(48)39-18-8-3-9-19-39)43-31-28-37(29-32-43)41-27-26-40-20-12-22-44(47(40)34-41)38-16-6-2-7-17-38/h1-35H. The van der Waals surface area contributed by atoms with Crippen LogP contribution in [0.1, 0.15) is 0 Å². The van der Waals surface area contributed by atoms with E-state index in [0.717, 1.165) is 55.7 Å². The molecule has 0 radical (unpaired) electrons. The average Bonchev–Trinajstić information content (AvgIpc) is 3.63. The van der Waals surface area contributed by atoms with Gasteiger partial charge in [-0.15, -0.1) is 0 Å². The fraction of sp³-hybridized carbons (Fsp3) is 0. The van der Waals surface area contributed by atoms with Crippen molar-refractivity contribution in [3.05, 3.63) is 212 Å². The van der Waals surface area contributed by atoms with Crippen LogP contribution in [0.4, 0.5) is 17.1 Å². The van der Waals surface area contributed by atoms with Crippen LogP contribution in [0.3, 0.4) is 0 Å². The number of benzene rings is 9. The molecule has 254 valence electrons. The second-order valence-corrected chi connectivity index (χ2v) is 13.7. The molecule has 10 aromatic rings. The molecule has 0 fully saturated rings. The molecule has 10 rings (SSSR count). The summed E-state index contributed by atoms with van der Waals surface area (Å²) in [6.07, 6.45) is 0. The van der Waals surface area contributed by atoms with E-state index in [1.807, 2.05) is 6.07 Å². The normalized spacial score (nSPS) is 11.3. The summed E-state index contributed by atoms with van der Waals surface area (Å²) in [5.74, 6) is 0. The monoisotopic (exact) mass is 689 g/mol. The third-order valence-electron chi connectivity index (χ3n) is 10.5. The molecule has 1 heterocycles. The highest BCUT2D eigenvalue weighted by atomic mass is 16.3. The molecule has 2 heteroatoms. The molecule has 54 heavy (non-hydrogen) atoms. The number of rotatable bonds is 7. The number of hydrogen-bond donors (Lipinski definition) is 0. The molecule has 0 amide bonds. The molecule has 1 aromatic heterocycles. The smallest absolute Gasteiger partial charge is 0.137 e. The fourth-order valence-corrected chi connectivity index (χ4v) is 7.87. The highest BCUT2D eigenvalue weighted by molar-refractivity contribution is 6.14. The van der Waals surface area contributed by atoms with Crippen molar-refractivity contribution >= 4 is 49.8 Å². The first kappa shape index (κ1) is 31.6. The van der Waals surface area contributed by atoms with E-state index in [1.54, 1.807) is 0 Å². The first-order valence-electron chi connectivity index (χ1n) is 18.4. The van der Waals surface area contributed by atoms with Gasteiger partial charge in [0.15, 0.2) is 0 Å². The number of hydrogen-bond acceptors (Lipinski definition) is 2. The van der Waals surface area contributed by atoms with Gasteiger partial charge in [-0.25, -0.2) is 0 Å². The number of fused-ring (bicyclic) bond motifs is 4. The molecule has 9 aromatic carbocycles. The zero-order chi connectivity index (χ0) is 35.8. The van der Waals surface area contributed by atoms with Crippen LogP contribution in [0, 0.1) is 0 Å². The molecule has 0 spiro atoms. The van der Waals surface area contributed by atoms with Gasteiger partial charge in [0.25, 0.3) is 0 Å². The van der Waals surface area contributed by atoms with E-state index in [4.69, 9.17) is 4.42 Å². The minimum absolute atomic E-state index is 0.858. The van der Waals surface area contributed by atoms with Gasteiger partial charge in [-0.05, 0) is 98.2 Å². The minimum atomic E-state index is 0.858. The summed E-state index contributed by atoms with van der Waals surface area (Å²) in [7, 11) is 0. The SMILES string of the molecule is c1ccc(-c2ccc3c(c2)oc2cccc(N(c4ccc(-c5ccc6cccc(-c7ccccc7)c6c5)cc4)c4ccccc4-c4ccccc4)c23)cc1. The van der Waals surface area contributed by atoms with Gasteiger partial charge in [-0.2, -0.15) is 0 Å². The van der Waals surface area contributed by atoms with Gasteiger partial charge in [0.2, 0.25) is 0 Å². The Bertz CT molecular complexity index is 2910. The molecule has 0 bridgehead atoms. The summed E-state index contributed by atoms with van der Waals surface area (Å²) in [5, 5.41) is 4.65. The van der Waals surface area contributed by atoms with Crippen molar-refractivity contribution < 1.29 is 4.42 Å². The Balaban J connectivity index is 1.13. The quantitative estimate of drug-likeness (QED) is 0.166. The Labute approximate surface area is 314 Å². The number of nitrogens with zero attached hydrogens (tertiary/aromatic N) is 1. The molecule has 0 aliphatic rings. The number of para-hydroxylation sites is 1. The van der Waals surface area contributed by atoms with Gasteiger partial charge >= 0.3 is 0 Å². The lowest BCUT2D eigenvalue weighted by Crippen LogP contribution is -2.11. The molecular formula is C52H35NO. The summed E-state index contributed by atoms with van der Waals surface area (Å²) in [6, 6.07) is 75.8. The Hall–Kier alpha value is -7.16. The van der Waals surface area contributed by atoms with Gasteiger partial charge in [-0.1, -0.05) is 164 Å². The van der Waals surface area contributed by atoms with Crippen LogP contribution in [-0.2, 0) is 0 Å². The van der Waals surface area contributed by atoms with Crippen LogP contribution in [0.15, 0.2) is 217 Å². The molecular weight excluding hydrogens is 655 g/mol. The van der Waals surface area contributed by atoms with E-state index < -0.39 is 0 Å². The summed E-state index contributed by atoms with van der Waals surface area (Å²) >= 11 is 0. The van der Waals surface area contributed by atoms with Crippen molar-refractivity contribution in [3.8, 4) is 44.5 Å². The van der Waals surface area contributed by atoms with Gasteiger partial charge in [0.1, 0.15) is 11.2 Å². The summed E-state index contributed by atoms with van der Waals surface area (Å²) < 4.78 is 6.62. The molecule has 0 aliphatic heterocycles. The molecule has 0 N–H and O–H groups in total. The third kappa shape index (κ3) is 5.62. The van der Waals surface area contributed by atoms with Crippen LogP contribution in [-0.4, -0.2) is 0 Å². The largest absolute Gasteiger partial charge is 0.456 e. The van der Waals surface area contributed by atoms with E-state index in [1.165, 1.54) is 38.6 Å². The maximum absolute atomic E-state index is 6.62. The molecule has 0 unspecified atom stereocenters. The van der Waals surface area contributed by atoms with Crippen LogP contribution in [0.2, 0.25) is 0 Å². The topological polar surface area (TPSA) is 16.4 Å². The molecule has 0 saturated heterocycles. The van der Waals surface area contributed by atoms with Crippen molar-refractivity contribution in [3.63, 3.8) is 0 Å². The van der Waals surface area contributed by atoms with E-state index in [-0.39, 0.29) is 0 Å².